The zero-order valence-corrected chi connectivity index (χ0v) is 19.3. The highest BCUT2D eigenvalue weighted by Crippen LogP contribution is 2.14. The summed E-state index contributed by atoms with van der Waals surface area (Å²) in [5.41, 5.74) is 0. The third-order valence-corrected chi connectivity index (χ3v) is 4.70. The average Bonchev–Trinajstić information content (AvgIpc) is 2.80. The van der Waals surface area contributed by atoms with E-state index in [9.17, 15) is 0 Å². The number of hydrogen-bond acceptors (Lipinski definition) is 3. The second-order valence-electron chi connectivity index (χ2n) is 7.52. The normalized spacial score (nSPS) is 15.8. The molecule has 1 aromatic rings. The fraction of sp³-hybridized carbons (Fsp3) is 0.842. The molecule has 0 aromatic carbocycles. The molecule has 0 saturated carbocycles. The Morgan fingerprint density at radius 2 is 1.96 bits per heavy atom. The second kappa shape index (κ2) is 12.5. The molecule has 0 aliphatic carbocycles. The maximum absolute atomic E-state index is 4.74. The number of aliphatic imine (C=N–C) groups is 1. The van der Waals surface area contributed by atoms with Crippen LogP contribution in [0.3, 0.4) is 0 Å². The molecule has 7 heteroatoms. The van der Waals surface area contributed by atoms with Crippen molar-refractivity contribution in [2.75, 3.05) is 13.1 Å². The summed E-state index contributed by atoms with van der Waals surface area (Å²) in [6.45, 7) is 11.6. The van der Waals surface area contributed by atoms with Crippen molar-refractivity contribution in [3.05, 3.63) is 11.6 Å². The molecule has 1 unspecified atom stereocenters. The Balaban J connectivity index is 0.00000338. The number of aromatic nitrogens is 3. The summed E-state index contributed by atoms with van der Waals surface area (Å²) in [7, 11) is 0. The van der Waals surface area contributed by atoms with Gasteiger partial charge in [0.1, 0.15) is 11.6 Å². The van der Waals surface area contributed by atoms with Crippen LogP contribution in [0.25, 0.3) is 0 Å². The smallest absolute Gasteiger partial charge is 0.191 e. The number of nitrogens with zero attached hydrogens (tertiary/aromatic N) is 4. The number of nitrogens with one attached hydrogen (secondary N) is 2. The Morgan fingerprint density at radius 1 is 1.15 bits per heavy atom. The highest BCUT2D eigenvalue weighted by Gasteiger charge is 2.14. The van der Waals surface area contributed by atoms with Crippen LogP contribution in [0.5, 0.6) is 0 Å². The molecular weight excluding hydrogens is 439 g/mol. The molecule has 1 aliphatic heterocycles. The number of rotatable bonds is 8. The van der Waals surface area contributed by atoms with Crippen molar-refractivity contribution in [3.8, 4) is 0 Å². The molecule has 150 valence electrons. The fourth-order valence-electron chi connectivity index (χ4n) is 3.21. The minimum atomic E-state index is 0. The van der Waals surface area contributed by atoms with Gasteiger partial charge in [-0.1, -0.05) is 20.3 Å². The van der Waals surface area contributed by atoms with E-state index >= 15 is 0 Å². The third-order valence-electron chi connectivity index (χ3n) is 4.70. The van der Waals surface area contributed by atoms with Gasteiger partial charge >= 0.3 is 0 Å². The van der Waals surface area contributed by atoms with Crippen molar-refractivity contribution in [1.29, 1.82) is 0 Å². The van der Waals surface area contributed by atoms with Crippen LogP contribution in [0.4, 0.5) is 0 Å². The molecule has 0 spiro atoms. The van der Waals surface area contributed by atoms with E-state index in [0.29, 0.717) is 6.04 Å². The van der Waals surface area contributed by atoms with Crippen molar-refractivity contribution in [1.82, 2.24) is 25.4 Å². The van der Waals surface area contributed by atoms with Gasteiger partial charge in [-0.3, -0.25) is 4.99 Å². The summed E-state index contributed by atoms with van der Waals surface area (Å²) >= 11 is 0. The predicted octanol–water partition coefficient (Wildman–Crippen LogP) is 3.54. The molecule has 26 heavy (non-hydrogen) atoms. The Kier molecular flexibility index (Phi) is 11.2. The molecule has 1 aromatic heterocycles. The van der Waals surface area contributed by atoms with Gasteiger partial charge in [-0.15, -0.1) is 34.2 Å². The summed E-state index contributed by atoms with van der Waals surface area (Å²) in [6, 6.07) is 0.435. The van der Waals surface area contributed by atoms with Crippen LogP contribution in [-0.4, -0.2) is 39.9 Å². The molecule has 2 heterocycles. The van der Waals surface area contributed by atoms with E-state index in [1.807, 2.05) is 0 Å². The molecule has 2 N–H and O–H groups in total. The lowest BCUT2D eigenvalue weighted by Crippen LogP contribution is -2.42. The first-order valence-electron chi connectivity index (χ1n) is 10.1. The van der Waals surface area contributed by atoms with Gasteiger partial charge in [0.05, 0.1) is 0 Å². The number of guanidine groups is 1. The lowest BCUT2D eigenvalue weighted by molar-refractivity contribution is 0.489. The summed E-state index contributed by atoms with van der Waals surface area (Å²) in [6.07, 6.45) is 8.08. The maximum atomic E-state index is 4.74. The number of halogens is 1. The van der Waals surface area contributed by atoms with Gasteiger partial charge in [-0.2, -0.15) is 0 Å². The average molecular weight is 476 g/mol. The SMILES string of the molecule is CCNC(=NCCc1nnc2n1CCCCC2)NC(C)CCC(C)C.I. The zero-order chi connectivity index (χ0) is 18.1. The van der Waals surface area contributed by atoms with Crippen molar-refractivity contribution in [2.45, 2.75) is 85.2 Å². The highest BCUT2D eigenvalue weighted by atomic mass is 127. The molecule has 1 atom stereocenters. The summed E-state index contributed by atoms with van der Waals surface area (Å²) in [5.74, 6) is 3.90. The lowest BCUT2D eigenvalue weighted by atomic mass is 10.0. The number of aryl methyl sites for hydroxylation is 1. The van der Waals surface area contributed by atoms with Crippen molar-refractivity contribution in [2.24, 2.45) is 10.9 Å². The van der Waals surface area contributed by atoms with Gasteiger partial charge in [0.2, 0.25) is 0 Å². The summed E-state index contributed by atoms with van der Waals surface area (Å²) < 4.78 is 2.31. The lowest BCUT2D eigenvalue weighted by Gasteiger charge is -2.18. The van der Waals surface area contributed by atoms with Gasteiger partial charge in [0.15, 0.2) is 5.96 Å². The number of hydrogen-bond donors (Lipinski definition) is 2. The Morgan fingerprint density at radius 3 is 2.69 bits per heavy atom. The second-order valence-corrected chi connectivity index (χ2v) is 7.52. The van der Waals surface area contributed by atoms with Gasteiger partial charge in [0.25, 0.3) is 0 Å². The fourth-order valence-corrected chi connectivity index (χ4v) is 3.21. The van der Waals surface area contributed by atoms with Gasteiger partial charge < -0.3 is 15.2 Å². The summed E-state index contributed by atoms with van der Waals surface area (Å²) in [5, 5.41) is 15.6. The van der Waals surface area contributed by atoms with Crippen LogP contribution in [-0.2, 0) is 19.4 Å². The van der Waals surface area contributed by atoms with E-state index in [2.05, 4.69) is 53.1 Å². The molecule has 0 radical (unpaired) electrons. The Hall–Kier alpha value is -0.860. The number of fused-ring (bicyclic) bond motifs is 1. The van der Waals surface area contributed by atoms with Gasteiger partial charge in [-0.25, -0.2) is 0 Å². The largest absolute Gasteiger partial charge is 0.357 e. The van der Waals surface area contributed by atoms with Crippen LogP contribution in [0.1, 0.15) is 71.4 Å². The first-order valence-corrected chi connectivity index (χ1v) is 10.1. The van der Waals surface area contributed by atoms with Crippen molar-refractivity contribution < 1.29 is 0 Å². The molecule has 0 amide bonds. The van der Waals surface area contributed by atoms with E-state index in [1.165, 1.54) is 32.1 Å². The standard InChI is InChI=1S/C19H36N6.HI/c1-5-20-19(22-16(4)11-10-15(2)3)21-13-12-18-24-23-17-9-7-6-8-14-25(17)18;/h15-16H,5-14H2,1-4H3,(H2,20,21,22);1H. The minimum absolute atomic E-state index is 0. The molecule has 0 bridgehead atoms. The zero-order valence-electron chi connectivity index (χ0n) is 16.9. The molecule has 0 saturated heterocycles. The van der Waals surface area contributed by atoms with Crippen LogP contribution < -0.4 is 10.6 Å². The highest BCUT2D eigenvalue weighted by molar-refractivity contribution is 14.0. The minimum Gasteiger partial charge on any atom is -0.357 e. The maximum Gasteiger partial charge on any atom is 0.191 e. The first kappa shape index (κ1) is 23.2. The third kappa shape index (κ3) is 7.80. The Labute approximate surface area is 176 Å². The van der Waals surface area contributed by atoms with Crippen LogP contribution in [0, 0.1) is 5.92 Å². The molecule has 0 fully saturated rings. The van der Waals surface area contributed by atoms with Crippen LogP contribution in [0.15, 0.2) is 4.99 Å². The molecule has 1 aliphatic rings. The van der Waals surface area contributed by atoms with E-state index in [4.69, 9.17) is 4.99 Å². The molecular formula is C19H37IN6. The Bertz CT molecular complexity index is 540. The van der Waals surface area contributed by atoms with E-state index in [1.54, 1.807) is 0 Å². The predicted molar refractivity (Wildman–Crippen MR) is 119 cm³/mol. The van der Waals surface area contributed by atoms with Crippen molar-refractivity contribution in [3.63, 3.8) is 0 Å². The molecule has 2 rings (SSSR count). The molecule has 6 nitrogen and oxygen atoms in total. The quantitative estimate of drug-likeness (QED) is 0.342. The van der Waals surface area contributed by atoms with Crippen molar-refractivity contribution >= 4 is 29.9 Å². The topological polar surface area (TPSA) is 67.1 Å². The van der Waals surface area contributed by atoms with E-state index < -0.39 is 0 Å². The first-order chi connectivity index (χ1) is 12.1. The van der Waals surface area contributed by atoms with E-state index in [-0.39, 0.29) is 24.0 Å². The van der Waals surface area contributed by atoms with Crippen LogP contribution in [0.2, 0.25) is 0 Å². The van der Waals surface area contributed by atoms with E-state index in [0.717, 1.165) is 56.0 Å². The van der Waals surface area contributed by atoms with Gasteiger partial charge in [0, 0.05) is 38.5 Å². The monoisotopic (exact) mass is 476 g/mol. The summed E-state index contributed by atoms with van der Waals surface area (Å²) in [4.78, 5) is 4.74. The van der Waals surface area contributed by atoms with Crippen LogP contribution >= 0.6 is 24.0 Å². The van der Waals surface area contributed by atoms with Gasteiger partial charge in [-0.05, 0) is 45.4 Å².